The van der Waals surface area contributed by atoms with Crippen molar-refractivity contribution < 1.29 is 9.50 Å². The van der Waals surface area contributed by atoms with E-state index in [1.54, 1.807) is 0 Å². The second-order valence-electron chi connectivity index (χ2n) is 8.54. The fraction of sp³-hybridized carbons (Fsp3) is 0.895. The van der Waals surface area contributed by atoms with Gasteiger partial charge in [0.1, 0.15) is 6.17 Å². The van der Waals surface area contributed by atoms with Crippen molar-refractivity contribution in [1.29, 1.82) is 0 Å². The number of hydrogen-bond acceptors (Lipinski definition) is 3. The average molecular weight is 329 g/mol. The molecule has 0 spiro atoms. The number of nitrogens with one attached hydrogen (secondary N) is 1. The maximum atomic E-state index is 15.1. The van der Waals surface area contributed by atoms with Crippen LogP contribution in [-0.2, 0) is 0 Å². The Morgan fingerprint density at radius 1 is 1.39 bits per heavy atom. The van der Waals surface area contributed by atoms with Crippen molar-refractivity contribution in [2.24, 2.45) is 23.5 Å². The van der Waals surface area contributed by atoms with E-state index < -0.39 is 17.3 Å². The molecule has 1 rings (SSSR count). The quantitative estimate of drug-likeness (QED) is 0.655. The van der Waals surface area contributed by atoms with Crippen molar-refractivity contribution in [3.63, 3.8) is 0 Å². The zero-order chi connectivity index (χ0) is 18.1. The highest BCUT2D eigenvalue weighted by atomic mass is 19.1. The van der Waals surface area contributed by atoms with E-state index in [2.05, 4.69) is 12.2 Å². The normalized spacial score (nSPS) is 39.1. The zero-order valence-corrected chi connectivity index (χ0v) is 16.0. The summed E-state index contributed by atoms with van der Waals surface area (Å²) in [5.41, 5.74) is 4.59. The van der Waals surface area contributed by atoms with Crippen LogP contribution in [0, 0.1) is 17.8 Å². The molecule has 136 valence electrons. The summed E-state index contributed by atoms with van der Waals surface area (Å²) in [6.45, 7) is 11.9. The number of hydrogen-bond donors (Lipinski definition) is 3. The number of aliphatic hydroxyl groups is 1. The molecule has 0 amide bonds. The van der Waals surface area contributed by atoms with Crippen LogP contribution in [0.15, 0.2) is 12.2 Å². The number of rotatable bonds is 6. The van der Waals surface area contributed by atoms with Crippen LogP contribution in [-0.4, -0.2) is 35.0 Å². The van der Waals surface area contributed by atoms with E-state index in [1.807, 2.05) is 53.8 Å². The molecule has 23 heavy (non-hydrogen) atoms. The molecule has 0 saturated carbocycles. The average Bonchev–Trinajstić information content (AvgIpc) is 2.56. The molecule has 0 fully saturated rings. The predicted octanol–water partition coefficient (Wildman–Crippen LogP) is 3.42. The van der Waals surface area contributed by atoms with Crippen LogP contribution in [0.5, 0.6) is 0 Å². The number of likely N-dealkylation sites (N-methyl/N-ethyl adjacent to an activating group) is 1. The maximum Gasteiger partial charge on any atom is 0.124 e. The molecule has 3 nitrogen and oxygen atoms in total. The van der Waals surface area contributed by atoms with Crippen molar-refractivity contribution >= 4 is 0 Å². The molecule has 0 saturated heterocycles. The number of nitrogens with two attached hydrogens (primary N) is 1. The lowest BCUT2D eigenvalue weighted by molar-refractivity contribution is -0.00477. The summed E-state index contributed by atoms with van der Waals surface area (Å²) in [4.78, 5) is 0. The fourth-order valence-electron chi connectivity index (χ4n) is 3.42. The lowest BCUT2D eigenvalue weighted by atomic mass is 9.73. The van der Waals surface area contributed by atoms with E-state index in [4.69, 9.17) is 5.73 Å². The molecule has 1 aliphatic rings. The Bertz CT molecular complexity index is 424. The molecule has 0 aromatic heterocycles. The first-order chi connectivity index (χ1) is 10.4. The molecule has 0 radical (unpaired) electrons. The Kier molecular flexibility index (Phi) is 6.45. The maximum absolute atomic E-state index is 15.1. The Balaban J connectivity index is 2.95. The third kappa shape index (κ3) is 4.55. The van der Waals surface area contributed by atoms with Crippen LogP contribution in [0.1, 0.15) is 60.8 Å². The summed E-state index contributed by atoms with van der Waals surface area (Å²) in [6, 6.07) is 0. The summed E-state index contributed by atoms with van der Waals surface area (Å²) in [6.07, 6.45) is 4.86. The van der Waals surface area contributed by atoms with Gasteiger partial charge in [-0.3, -0.25) is 0 Å². The first-order valence-corrected chi connectivity index (χ1v) is 8.92. The molecule has 6 atom stereocenters. The standard InChI is InChI=1S/C19H37FN2O/c1-13(2)18(6,23)9-8-15(4)19(21)11-10-17(5,22-7)12-14(3)16(19)20/h10-11,13-16,22-23H,8-9,12,21H2,1-7H3/t14-,15-,16?,17?,18?,19?/m0/s1. The van der Waals surface area contributed by atoms with Crippen LogP contribution in [0.25, 0.3) is 0 Å². The monoisotopic (exact) mass is 328 g/mol. The summed E-state index contributed by atoms with van der Waals surface area (Å²) < 4.78 is 15.1. The Morgan fingerprint density at radius 3 is 2.43 bits per heavy atom. The first kappa shape index (κ1) is 20.6. The summed E-state index contributed by atoms with van der Waals surface area (Å²) in [5.74, 6) is 0.00178. The predicted molar refractivity (Wildman–Crippen MR) is 96.1 cm³/mol. The van der Waals surface area contributed by atoms with Gasteiger partial charge in [-0.1, -0.05) is 39.8 Å². The minimum Gasteiger partial charge on any atom is -0.390 e. The highest BCUT2D eigenvalue weighted by Crippen LogP contribution is 2.38. The minimum absolute atomic E-state index is 0.0411. The number of alkyl halides is 1. The van der Waals surface area contributed by atoms with Gasteiger partial charge in [0.05, 0.1) is 11.1 Å². The van der Waals surface area contributed by atoms with E-state index in [1.165, 1.54) is 0 Å². The van der Waals surface area contributed by atoms with E-state index in [-0.39, 0.29) is 23.3 Å². The van der Waals surface area contributed by atoms with E-state index in [0.717, 1.165) is 6.42 Å². The third-order valence-electron chi connectivity index (χ3n) is 6.22. The lowest BCUT2D eigenvalue weighted by Crippen LogP contribution is -2.54. The van der Waals surface area contributed by atoms with Gasteiger partial charge in [0, 0.05) is 5.54 Å². The van der Waals surface area contributed by atoms with Crippen molar-refractivity contribution in [2.75, 3.05) is 7.05 Å². The van der Waals surface area contributed by atoms with Gasteiger partial charge in [-0.15, -0.1) is 0 Å². The highest BCUT2D eigenvalue weighted by Gasteiger charge is 2.45. The SMILES string of the molecule is CNC1(C)C=CC(N)([C@@H](C)CCC(C)(O)C(C)C)C(F)[C@@H](C)C1. The van der Waals surface area contributed by atoms with E-state index in [0.29, 0.717) is 12.8 Å². The molecule has 4 unspecified atom stereocenters. The van der Waals surface area contributed by atoms with Crippen LogP contribution in [0.4, 0.5) is 4.39 Å². The topological polar surface area (TPSA) is 58.3 Å². The van der Waals surface area contributed by atoms with Gasteiger partial charge < -0.3 is 16.2 Å². The van der Waals surface area contributed by atoms with Crippen LogP contribution in [0.3, 0.4) is 0 Å². The van der Waals surface area contributed by atoms with Gasteiger partial charge in [-0.05, 0) is 57.9 Å². The van der Waals surface area contributed by atoms with E-state index in [9.17, 15) is 5.11 Å². The Labute approximate surface area is 141 Å². The van der Waals surface area contributed by atoms with Crippen LogP contribution >= 0.6 is 0 Å². The fourth-order valence-corrected chi connectivity index (χ4v) is 3.42. The van der Waals surface area contributed by atoms with Crippen LogP contribution < -0.4 is 11.1 Å². The Hall–Kier alpha value is -0.450. The molecule has 0 aromatic carbocycles. The molecule has 0 aliphatic heterocycles. The summed E-state index contributed by atoms with van der Waals surface area (Å²) in [5, 5.41) is 13.7. The summed E-state index contributed by atoms with van der Waals surface area (Å²) in [7, 11) is 1.90. The van der Waals surface area contributed by atoms with Crippen molar-refractivity contribution in [3.05, 3.63) is 12.2 Å². The zero-order valence-electron chi connectivity index (χ0n) is 16.0. The Morgan fingerprint density at radius 2 is 1.96 bits per heavy atom. The van der Waals surface area contributed by atoms with Gasteiger partial charge in [0.15, 0.2) is 0 Å². The van der Waals surface area contributed by atoms with Gasteiger partial charge >= 0.3 is 0 Å². The molecule has 4 N–H and O–H groups in total. The van der Waals surface area contributed by atoms with Gasteiger partial charge in [0.2, 0.25) is 0 Å². The minimum atomic E-state index is -1.09. The smallest absolute Gasteiger partial charge is 0.124 e. The van der Waals surface area contributed by atoms with E-state index >= 15 is 4.39 Å². The molecule has 0 bridgehead atoms. The molecule has 0 heterocycles. The first-order valence-electron chi connectivity index (χ1n) is 8.92. The van der Waals surface area contributed by atoms with Crippen molar-refractivity contribution in [2.45, 2.75) is 83.7 Å². The summed E-state index contributed by atoms with van der Waals surface area (Å²) >= 11 is 0. The van der Waals surface area contributed by atoms with Crippen molar-refractivity contribution in [3.8, 4) is 0 Å². The van der Waals surface area contributed by atoms with Gasteiger partial charge in [-0.25, -0.2) is 4.39 Å². The molecular weight excluding hydrogens is 291 g/mol. The molecule has 0 aromatic rings. The largest absolute Gasteiger partial charge is 0.390 e. The van der Waals surface area contributed by atoms with Crippen LogP contribution in [0.2, 0.25) is 0 Å². The third-order valence-corrected chi connectivity index (χ3v) is 6.22. The number of halogens is 1. The lowest BCUT2D eigenvalue weighted by Gasteiger charge is -2.39. The second kappa shape index (κ2) is 7.20. The second-order valence-corrected chi connectivity index (χ2v) is 8.54. The molecule has 1 aliphatic carbocycles. The van der Waals surface area contributed by atoms with Gasteiger partial charge in [0.25, 0.3) is 0 Å². The molecule has 4 heteroatoms. The highest BCUT2D eigenvalue weighted by molar-refractivity contribution is 5.21. The molecular formula is C19H37FN2O. The van der Waals surface area contributed by atoms with Crippen molar-refractivity contribution in [1.82, 2.24) is 5.32 Å². The van der Waals surface area contributed by atoms with Gasteiger partial charge in [-0.2, -0.15) is 0 Å².